The Balaban J connectivity index is 3.09. The van der Waals surface area contributed by atoms with E-state index in [-0.39, 0.29) is 16.7 Å². The Bertz CT molecular complexity index is 735. The summed E-state index contributed by atoms with van der Waals surface area (Å²) in [7, 11) is 0.615. The number of benzene rings is 1. The lowest BCUT2D eigenvalue weighted by Crippen LogP contribution is -2.42. The molecule has 6 nitrogen and oxygen atoms in total. The van der Waals surface area contributed by atoms with E-state index in [0.717, 1.165) is 5.56 Å². The van der Waals surface area contributed by atoms with Crippen LogP contribution < -0.4 is 5.32 Å². The lowest BCUT2D eigenvalue weighted by molar-refractivity contribution is -0.135. The molecule has 0 heterocycles. The fourth-order valence-corrected chi connectivity index (χ4v) is 3.16. The first-order valence-corrected chi connectivity index (χ1v) is 12.4. The second-order valence-electron chi connectivity index (χ2n) is 8.15. The van der Waals surface area contributed by atoms with Crippen LogP contribution in [0.5, 0.6) is 0 Å². The van der Waals surface area contributed by atoms with Gasteiger partial charge in [-0.15, -0.1) is 0 Å². The van der Waals surface area contributed by atoms with Gasteiger partial charge in [-0.2, -0.15) is 0 Å². The van der Waals surface area contributed by atoms with Gasteiger partial charge in [-0.25, -0.2) is 9.59 Å². The minimum Gasteiger partial charge on any atom is -0.466 e. The Morgan fingerprint density at radius 1 is 1.07 bits per heavy atom. The highest BCUT2D eigenvalue weighted by atomic mass is 28.4. The maximum atomic E-state index is 12.1. The summed E-state index contributed by atoms with van der Waals surface area (Å²) in [4.78, 5) is 23.4. The van der Waals surface area contributed by atoms with Crippen LogP contribution in [-0.2, 0) is 23.5 Å². The number of carbonyl (C=O) groups is 2. The molecule has 7 heteroatoms. The van der Waals surface area contributed by atoms with E-state index in [1.165, 1.54) is 32.6 Å². The smallest absolute Gasteiger partial charge is 0.339 e. The van der Waals surface area contributed by atoms with Gasteiger partial charge < -0.3 is 19.2 Å². The molecule has 0 amide bonds. The number of hydrogen-bond donors (Lipinski definition) is 1. The third-order valence-electron chi connectivity index (χ3n) is 5.08. The molecule has 0 aromatic heterocycles. The Kier molecular flexibility index (Phi) is 9.33. The molecular formula is C22H33NO5Si. The lowest BCUT2D eigenvalue weighted by Gasteiger charge is -2.37. The summed E-state index contributed by atoms with van der Waals surface area (Å²) in [5.74, 6) is -1.12. The van der Waals surface area contributed by atoms with Crippen LogP contribution in [0.15, 0.2) is 54.3 Å². The van der Waals surface area contributed by atoms with Crippen molar-refractivity contribution in [3.8, 4) is 0 Å². The van der Waals surface area contributed by atoms with E-state index in [9.17, 15) is 9.59 Å². The molecule has 1 atom stereocenters. The normalized spacial score (nSPS) is 13.8. The fraction of sp³-hybridized carbons (Fsp3) is 0.455. The SMILES string of the molecule is COC(=O)/C=C/C(=C/N[C@@H](CO[Si](C)(C)C(C)(C)C)c1ccccc1)C(=O)OC. The predicted molar refractivity (Wildman–Crippen MR) is 117 cm³/mol. The molecular weight excluding hydrogens is 386 g/mol. The molecule has 0 aliphatic heterocycles. The zero-order chi connectivity index (χ0) is 22.1. The van der Waals surface area contributed by atoms with Crippen molar-refractivity contribution < 1.29 is 23.5 Å². The number of methoxy groups -OCH3 is 2. The lowest BCUT2D eigenvalue weighted by atomic mass is 10.1. The average Bonchev–Trinajstić information content (AvgIpc) is 2.68. The summed E-state index contributed by atoms with van der Waals surface area (Å²) in [6, 6.07) is 9.70. The Morgan fingerprint density at radius 3 is 2.21 bits per heavy atom. The molecule has 0 saturated heterocycles. The van der Waals surface area contributed by atoms with Crippen LogP contribution in [-0.4, -0.2) is 41.1 Å². The summed E-state index contributed by atoms with van der Waals surface area (Å²) in [5.41, 5.74) is 1.23. The van der Waals surface area contributed by atoms with Crippen LogP contribution in [0.2, 0.25) is 18.1 Å². The molecule has 1 rings (SSSR count). The molecule has 0 unspecified atom stereocenters. The van der Waals surface area contributed by atoms with Gasteiger partial charge in [0.1, 0.15) is 0 Å². The van der Waals surface area contributed by atoms with Crippen LogP contribution in [0.4, 0.5) is 0 Å². The van der Waals surface area contributed by atoms with E-state index in [1.54, 1.807) is 0 Å². The molecule has 0 bridgehead atoms. The summed E-state index contributed by atoms with van der Waals surface area (Å²) < 4.78 is 15.8. The number of hydrogen-bond acceptors (Lipinski definition) is 6. The third kappa shape index (κ3) is 7.87. The van der Waals surface area contributed by atoms with Crippen LogP contribution in [0.3, 0.4) is 0 Å². The van der Waals surface area contributed by atoms with Crippen LogP contribution in [0.25, 0.3) is 0 Å². The molecule has 1 aromatic carbocycles. The van der Waals surface area contributed by atoms with Crippen molar-refractivity contribution in [3.05, 3.63) is 59.8 Å². The summed E-state index contributed by atoms with van der Waals surface area (Å²) in [5, 5.41) is 3.34. The topological polar surface area (TPSA) is 73.9 Å². The number of esters is 2. The number of ether oxygens (including phenoxy) is 2. The first-order valence-electron chi connectivity index (χ1n) is 9.51. The highest BCUT2D eigenvalue weighted by Gasteiger charge is 2.37. The fourth-order valence-electron chi connectivity index (χ4n) is 2.14. The predicted octanol–water partition coefficient (Wildman–Crippen LogP) is 4.13. The van der Waals surface area contributed by atoms with Gasteiger partial charge in [-0.3, -0.25) is 0 Å². The average molecular weight is 420 g/mol. The molecule has 160 valence electrons. The Morgan fingerprint density at radius 2 is 1.69 bits per heavy atom. The first kappa shape index (κ1) is 24.7. The number of rotatable bonds is 9. The van der Waals surface area contributed by atoms with Gasteiger partial charge in [0.2, 0.25) is 0 Å². The van der Waals surface area contributed by atoms with Crippen molar-refractivity contribution in [3.63, 3.8) is 0 Å². The molecule has 1 N–H and O–H groups in total. The van der Waals surface area contributed by atoms with E-state index < -0.39 is 20.3 Å². The van der Waals surface area contributed by atoms with Crippen molar-refractivity contribution in [2.45, 2.75) is 44.9 Å². The van der Waals surface area contributed by atoms with E-state index in [0.29, 0.717) is 6.61 Å². The maximum Gasteiger partial charge on any atom is 0.339 e. The van der Waals surface area contributed by atoms with Gasteiger partial charge in [0.15, 0.2) is 8.32 Å². The maximum absolute atomic E-state index is 12.1. The van der Waals surface area contributed by atoms with Gasteiger partial charge in [-0.1, -0.05) is 51.1 Å². The molecule has 0 radical (unpaired) electrons. The van der Waals surface area contributed by atoms with E-state index >= 15 is 0 Å². The quantitative estimate of drug-likeness (QED) is 0.281. The monoisotopic (exact) mass is 419 g/mol. The molecule has 0 aliphatic rings. The molecule has 0 saturated carbocycles. The van der Waals surface area contributed by atoms with Gasteiger partial charge in [0.05, 0.1) is 32.4 Å². The van der Waals surface area contributed by atoms with Crippen LogP contribution in [0.1, 0.15) is 32.4 Å². The molecule has 1 aromatic rings. The van der Waals surface area contributed by atoms with Crippen molar-refractivity contribution >= 4 is 20.3 Å². The summed E-state index contributed by atoms with van der Waals surface area (Å²) in [6.45, 7) is 11.4. The van der Waals surface area contributed by atoms with Gasteiger partial charge in [-0.05, 0) is 29.8 Å². The molecule has 0 aliphatic carbocycles. The van der Waals surface area contributed by atoms with E-state index in [2.05, 4.69) is 43.9 Å². The molecule has 0 fully saturated rings. The van der Waals surface area contributed by atoms with Crippen molar-refractivity contribution in [2.24, 2.45) is 0 Å². The zero-order valence-corrected chi connectivity index (χ0v) is 19.4. The van der Waals surface area contributed by atoms with Gasteiger partial charge in [0, 0.05) is 12.3 Å². The largest absolute Gasteiger partial charge is 0.466 e. The first-order chi connectivity index (χ1) is 13.5. The van der Waals surface area contributed by atoms with Crippen molar-refractivity contribution in [1.29, 1.82) is 0 Å². The van der Waals surface area contributed by atoms with Crippen molar-refractivity contribution in [2.75, 3.05) is 20.8 Å². The van der Waals surface area contributed by atoms with Gasteiger partial charge in [0.25, 0.3) is 0 Å². The number of nitrogens with one attached hydrogen (secondary N) is 1. The van der Waals surface area contributed by atoms with Crippen LogP contribution in [0, 0.1) is 0 Å². The standard InChI is InChI=1S/C22H33NO5Si/c1-22(2,3)29(6,7)28-16-19(17-11-9-8-10-12-17)23-15-18(21(25)27-5)13-14-20(24)26-4/h8-15,19,23H,16H2,1-7H3/b14-13+,18-15-/t19-/m0/s1. The summed E-state index contributed by atoms with van der Waals surface area (Å²) >= 11 is 0. The number of carbonyl (C=O) groups excluding carboxylic acids is 2. The van der Waals surface area contributed by atoms with Crippen molar-refractivity contribution in [1.82, 2.24) is 5.32 Å². The minimum absolute atomic E-state index is 0.0878. The zero-order valence-electron chi connectivity index (χ0n) is 18.4. The minimum atomic E-state index is -1.95. The second-order valence-corrected chi connectivity index (χ2v) is 13.0. The Hall–Kier alpha value is -2.38. The second kappa shape index (κ2) is 11.0. The third-order valence-corrected chi connectivity index (χ3v) is 9.58. The van der Waals surface area contributed by atoms with E-state index in [4.69, 9.17) is 9.16 Å². The molecule has 29 heavy (non-hydrogen) atoms. The molecule has 0 spiro atoms. The van der Waals surface area contributed by atoms with Gasteiger partial charge >= 0.3 is 11.9 Å². The van der Waals surface area contributed by atoms with Crippen LogP contribution >= 0.6 is 0 Å². The summed E-state index contributed by atoms with van der Waals surface area (Å²) in [6.07, 6.45) is 4.08. The Labute approximate surface area is 175 Å². The van der Waals surface area contributed by atoms with E-state index in [1.807, 2.05) is 30.3 Å². The highest BCUT2D eigenvalue weighted by molar-refractivity contribution is 6.74. The highest BCUT2D eigenvalue weighted by Crippen LogP contribution is 2.37.